The third-order valence-corrected chi connectivity index (χ3v) is 3.22. The van der Waals surface area contributed by atoms with Crippen molar-refractivity contribution in [2.24, 2.45) is 0 Å². The zero-order valence-electron chi connectivity index (χ0n) is 10.4. The van der Waals surface area contributed by atoms with E-state index in [9.17, 15) is 13.2 Å². The molecule has 0 aliphatic heterocycles. The van der Waals surface area contributed by atoms with E-state index < -0.39 is 9.84 Å². The average molecular weight is 272 g/mol. The van der Waals surface area contributed by atoms with Gasteiger partial charge in [0.05, 0.1) is 24.5 Å². The molecule has 0 saturated carbocycles. The molecule has 0 aliphatic rings. The fraction of sp³-hybridized carbons (Fsp3) is 0.417. The number of carbonyl (C=O) groups is 1. The van der Waals surface area contributed by atoms with Crippen molar-refractivity contribution in [3.05, 3.63) is 24.3 Å². The quantitative estimate of drug-likeness (QED) is 0.732. The first-order valence-corrected chi connectivity index (χ1v) is 7.41. The summed E-state index contributed by atoms with van der Waals surface area (Å²) in [5.41, 5.74) is 0. The van der Waals surface area contributed by atoms with Crippen molar-refractivity contribution in [2.45, 2.75) is 18.2 Å². The summed E-state index contributed by atoms with van der Waals surface area (Å²) in [6.07, 6.45) is 1.27. The molecule has 0 heterocycles. The SMILES string of the molecule is CCOC(=O)CCOc1cccc(S(C)(=O)=O)c1. The number of ether oxygens (including phenoxy) is 2. The van der Waals surface area contributed by atoms with E-state index in [1.54, 1.807) is 19.1 Å². The molecule has 0 unspecified atom stereocenters. The first-order valence-electron chi connectivity index (χ1n) is 5.52. The van der Waals surface area contributed by atoms with E-state index in [2.05, 4.69) is 0 Å². The van der Waals surface area contributed by atoms with Crippen LogP contribution in [-0.4, -0.2) is 33.9 Å². The van der Waals surface area contributed by atoms with Crippen LogP contribution in [0.3, 0.4) is 0 Å². The molecule has 0 aliphatic carbocycles. The average Bonchev–Trinajstić information content (AvgIpc) is 2.29. The molecule has 1 rings (SSSR count). The summed E-state index contributed by atoms with van der Waals surface area (Å²) in [6, 6.07) is 6.16. The number of hydrogen-bond donors (Lipinski definition) is 0. The molecule has 18 heavy (non-hydrogen) atoms. The smallest absolute Gasteiger partial charge is 0.309 e. The maximum atomic E-state index is 11.3. The van der Waals surface area contributed by atoms with E-state index in [-0.39, 0.29) is 23.9 Å². The van der Waals surface area contributed by atoms with Crippen LogP contribution in [0.4, 0.5) is 0 Å². The van der Waals surface area contributed by atoms with Gasteiger partial charge in [-0.25, -0.2) is 8.42 Å². The Labute approximate surface area is 107 Å². The summed E-state index contributed by atoms with van der Waals surface area (Å²) in [6.45, 7) is 2.22. The van der Waals surface area contributed by atoms with Crippen molar-refractivity contribution < 1.29 is 22.7 Å². The zero-order chi connectivity index (χ0) is 13.6. The van der Waals surface area contributed by atoms with Crippen molar-refractivity contribution in [1.82, 2.24) is 0 Å². The molecule has 0 spiro atoms. The Bertz CT molecular complexity index is 507. The van der Waals surface area contributed by atoms with Crippen molar-refractivity contribution in [3.8, 4) is 5.75 Å². The Morgan fingerprint density at radius 3 is 2.67 bits per heavy atom. The number of rotatable bonds is 6. The number of esters is 1. The van der Waals surface area contributed by atoms with Crippen LogP contribution in [0.15, 0.2) is 29.2 Å². The van der Waals surface area contributed by atoms with Gasteiger partial charge in [-0.1, -0.05) is 6.07 Å². The third-order valence-electron chi connectivity index (χ3n) is 2.11. The van der Waals surface area contributed by atoms with Crippen molar-refractivity contribution in [1.29, 1.82) is 0 Å². The van der Waals surface area contributed by atoms with Crippen LogP contribution in [0.25, 0.3) is 0 Å². The van der Waals surface area contributed by atoms with E-state index in [1.165, 1.54) is 12.1 Å². The second kappa shape index (κ2) is 6.39. The third kappa shape index (κ3) is 4.75. The summed E-state index contributed by atoms with van der Waals surface area (Å²) < 4.78 is 32.7. The lowest BCUT2D eigenvalue weighted by molar-refractivity contribution is -0.143. The van der Waals surface area contributed by atoms with E-state index in [0.717, 1.165) is 6.26 Å². The first-order chi connectivity index (χ1) is 8.43. The second-order valence-corrected chi connectivity index (χ2v) is 5.67. The zero-order valence-corrected chi connectivity index (χ0v) is 11.2. The summed E-state index contributed by atoms with van der Waals surface area (Å²) in [5, 5.41) is 0. The largest absolute Gasteiger partial charge is 0.493 e. The molecule has 0 aromatic heterocycles. The van der Waals surface area contributed by atoms with Crippen molar-refractivity contribution in [2.75, 3.05) is 19.5 Å². The Kier molecular flexibility index (Phi) is 5.15. The number of benzene rings is 1. The van der Waals surface area contributed by atoms with Gasteiger partial charge in [-0.3, -0.25) is 4.79 Å². The Balaban J connectivity index is 2.56. The molecule has 100 valence electrons. The highest BCUT2D eigenvalue weighted by Gasteiger charge is 2.08. The van der Waals surface area contributed by atoms with E-state index in [1.807, 2.05) is 0 Å². The maximum absolute atomic E-state index is 11.3. The van der Waals surface area contributed by atoms with Crippen molar-refractivity contribution >= 4 is 15.8 Å². The van der Waals surface area contributed by atoms with Crippen molar-refractivity contribution in [3.63, 3.8) is 0 Å². The van der Waals surface area contributed by atoms with Gasteiger partial charge in [0.1, 0.15) is 5.75 Å². The summed E-state index contributed by atoms with van der Waals surface area (Å²) in [4.78, 5) is 11.3. The molecule has 0 N–H and O–H groups in total. The summed E-state index contributed by atoms with van der Waals surface area (Å²) >= 11 is 0. The van der Waals surface area contributed by atoms with Gasteiger partial charge in [0.25, 0.3) is 0 Å². The fourth-order valence-corrected chi connectivity index (χ4v) is 1.94. The Hall–Kier alpha value is -1.56. The van der Waals surface area contributed by atoms with Gasteiger partial charge < -0.3 is 9.47 Å². The normalized spacial score (nSPS) is 11.0. The Morgan fingerprint density at radius 2 is 2.06 bits per heavy atom. The van der Waals surface area contributed by atoms with Gasteiger partial charge in [0, 0.05) is 6.26 Å². The Morgan fingerprint density at radius 1 is 1.33 bits per heavy atom. The van der Waals surface area contributed by atoms with Crippen LogP contribution in [0.2, 0.25) is 0 Å². The molecular formula is C12H16O5S. The fourth-order valence-electron chi connectivity index (χ4n) is 1.28. The molecule has 1 aromatic rings. The maximum Gasteiger partial charge on any atom is 0.309 e. The molecule has 0 radical (unpaired) electrons. The molecule has 0 atom stereocenters. The van der Waals surface area contributed by atoms with Gasteiger partial charge >= 0.3 is 5.97 Å². The lowest BCUT2D eigenvalue weighted by atomic mass is 10.3. The highest BCUT2D eigenvalue weighted by molar-refractivity contribution is 7.90. The summed E-state index contributed by atoms with van der Waals surface area (Å²) in [5.74, 6) is 0.0824. The minimum atomic E-state index is -3.25. The topological polar surface area (TPSA) is 69.7 Å². The van der Waals surface area contributed by atoms with Crippen LogP contribution in [-0.2, 0) is 19.4 Å². The monoisotopic (exact) mass is 272 g/mol. The standard InChI is InChI=1S/C12H16O5S/c1-3-16-12(13)7-8-17-10-5-4-6-11(9-10)18(2,14)15/h4-6,9H,3,7-8H2,1-2H3. The number of hydrogen-bond acceptors (Lipinski definition) is 5. The highest BCUT2D eigenvalue weighted by atomic mass is 32.2. The highest BCUT2D eigenvalue weighted by Crippen LogP contribution is 2.17. The lowest BCUT2D eigenvalue weighted by Crippen LogP contribution is -2.09. The van der Waals surface area contributed by atoms with Gasteiger partial charge in [-0.2, -0.15) is 0 Å². The number of carbonyl (C=O) groups excluding carboxylic acids is 1. The molecular weight excluding hydrogens is 256 g/mol. The van der Waals surface area contributed by atoms with Gasteiger partial charge in [-0.05, 0) is 25.1 Å². The molecule has 6 heteroatoms. The van der Waals surface area contributed by atoms with E-state index in [4.69, 9.17) is 9.47 Å². The van der Waals surface area contributed by atoms with Gasteiger partial charge in [0.15, 0.2) is 9.84 Å². The predicted octanol–water partition coefficient (Wildman–Crippen LogP) is 1.42. The molecule has 0 bridgehead atoms. The molecule has 0 amide bonds. The van der Waals surface area contributed by atoms with Gasteiger partial charge in [0.2, 0.25) is 0 Å². The lowest BCUT2D eigenvalue weighted by Gasteiger charge is -2.07. The van der Waals surface area contributed by atoms with E-state index >= 15 is 0 Å². The van der Waals surface area contributed by atoms with Crippen LogP contribution < -0.4 is 4.74 Å². The minimum absolute atomic E-state index is 0.136. The van der Waals surface area contributed by atoms with E-state index in [0.29, 0.717) is 12.4 Å². The second-order valence-electron chi connectivity index (χ2n) is 3.65. The summed E-state index contributed by atoms with van der Waals surface area (Å²) in [7, 11) is -3.25. The minimum Gasteiger partial charge on any atom is -0.493 e. The number of sulfone groups is 1. The molecule has 1 aromatic carbocycles. The first kappa shape index (κ1) is 14.5. The molecule has 0 fully saturated rings. The van der Waals surface area contributed by atoms with Crippen LogP contribution in [0.5, 0.6) is 5.75 Å². The predicted molar refractivity (Wildman–Crippen MR) is 66.3 cm³/mol. The molecule has 5 nitrogen and oxygen atoms in total. The molecule has 0 saturated heterocycles. The van der Waals surface area contributed by atoms with Gasteiger partial charge in [-0.15, -0.1) is 0 Å². The van der Waals surface area contributed by atoms with Crippen LogP contribution in [0, 0.1) is 0 Å². The van der Waals surface area contributed by atoms with Crippen LogP contribution >= 0.6 is 0 Å². The van der Waals surface area contributed by atoms with Crippen LogP contribution in [0.1, 0.15) is 13.3 Å².